The Morgan fingerprint density at radius 3 is 2.69 bits per heavy atom. The Morgan fingerprint density at radius 1 is 1.54 bits per heavy atom. The van der Waals surface area contributed by atoms with Crippen LogP contribution in [0.4, 0.5) is 4.79 Å². The number of carbonyl (C=O) groups excluding carboxylic acids is 1. The summed E-state index contributed by atoms with van der Waals surface area (Å²) < 4.78 is 4.72. The zero-order valence-corrected chi connectivity index (χ0v) is 7.18. The van der Waals surface area contributed by atoms with Gasteiger partial charge in [-0.05, 0) is 5.23 Å². The van der Waals surface area contributed by atoms with Crippen LogP contribution in [0.15, 0.2) is 12.5 Å². The number of amides is 1. The molecule has 13 heavy (non-hydrogen) atoms. The van der Waals surface area contributed by atoms with Crippen molar-refractivity contribution in [1.29, 1.82) is 0 Å². The fourth-order valence-electron chi connectivity index (χ4n) is 0.654. The summed E-state index contributed by atoms with van der Waals surface area (Å²) in [5.41, 5.74) is 0. The van der Waals surface area contributed by atoms with Crippen molar-refractivity contribution in [1.82, 2.24) is 15.2 Å². The second kappa shape index (κ2) is 4.43. The first kappa shape index (κ1) is 9.49. The van der Waals surface area contributed by atoms with E-state index < -0.39 is 6.09 Å². The van der Waals surface area contributed by atoms with E-state index in [2.05, 4.69) is 19.6 Å². The number of hydrogen-bond acceptors (Lipinski definition) is 5. The summed E-state index contributed by atoms with van der Waals surface area (Å²) in [7, 11) is 2.55. The van der Waals surface area contributed by atoms with Crippen molar-refractivity contribution in [2.75, 3.05) is 14.2 Å². The van der Waals surface area contributed by atoms with Crippen LogP contribution in [0.25, 0.3) is 0 Å². The summed E-state index contributed by atoms with van der Waals surface area (Å²) in [6.45, 7) is 0. The third-order valence-electron chi connectivity index (χ3n) is 1.15. The molecule has 72 valence electrons. The summed E-state index contributed by atoms with van der Waals surface area (Å²) in [4.78, 5) is 26.3. The summed E-state index contributed by atoms with van der Waals surface area (Å²) >= 11 is 0. The molecule has 0 saturated heterocycles. The number of hydrogen-bond donors (Lipinski definition) is 1. The number of aromatic nitrogens is 2. The van der Waals surface area contributed by atoms with E-state index in [1.807, 2.05) is 0 Å². The van der Waals surface area contributed by atoms with Gasteiger partial charge in [-0.2, -0.15) is 0 Å². The highest BCUT2D eigenvalue weighted by molar-refractivity contribution is 5.67. The molecule has 0 fully saturated rings. The van der Waals surface area contributed by atoms with Crippen LogP contribution in [0, 0.1) is 0 Å². The molecular weight excluding hydrogens is 178 g/mol. The van der Waals surface area contributed by atoms with E-state index in [0.717, 1.165) is 0 Å². The maximum atomic E-state index is 11.1. The molecule has 0 spiro atoms. The molecule has 0 bridgehead atoms. The molecule has 1 aromatic heterocycles. The monoisotopic (exact) mass is 187 g/mol. The number of hydroxylamine groups is 2. The van der Waals surface area contributed by atoms with E-state index in [0.29, 0.717) is 5.23 Å². The lowest BCUT2D eigenvalue weighted by atomic mass is 10.8. The van der Waals surface area contributed by atoms with Crippen LogP contribution in [-0.4, -0.2) is 35.5 Å². The molecule has 7 nitrogen and oxygen atoms in total. The van der Waals surface area contributed by atoms with E-state index in [1.54, 1.807) is 0 Å². The Kier molecular flexibility index (Phi) is 3.23. The van der Waals surface area contributed by atoms with Gasteiger partial charge in [0.2, 0.25) is 5.88 Å². The normalized spacial score (nSPS) is 9.69. The molecule has 1 rings (SSSR count). The SMILES string of the molecule is CON(OC)C(=O)Oc1cnc[nH]1. The largest absolute Gasteiger partial charge is 0.466 e. The molecule has 0 aliphatic heterocycles. The van der Waals surface area contributed by atoms with Gasteiger partial charge < -0.3 is 9.72 Å². The minimum absolute atomic E-state index is 0.212. The van der Waals surface area contributed by atoms with Crippen LogP contribution in [0.5, 0.6) is 5.88 Å². The van der Waals surface area contributed by atoms with Gasteiger partial charge in [0.15, 0.2) is 0 Å². The average Bonchev–Trinajstić information content (AvgIpc) is 2.59. The molecule has 1 amide bonds. The molecule has 1 aromatic rings. The number of rotatable bonds is 3. The number of aromatic amines is 1. The van der Waals surface area contributed by atoms with Gasteiger partial charge in [0, 0.05) is 0 Å². The molecular formula is C6H9N3O4. The number of carbonyl (C=O) groups is 1. The number of imidazole rings is 1. The number of nitrogens with one attached hydrogen (secondary N) is 1. The molecule has 7 heteroatoms. The first-order chi connectivity index (χ1) is 6.27. The van der Waals surface area contributed by atoms with Gasteiger partial charge in [0.25, 0.3) is 0 Å². The quantitative estimate of drug-likeness (QED) is 0.690. The molecule has 0 aromatic carbocycles. The average molecular weight is 187 g/mol. The lowest BCUT2D eigenvalue weighted by Gasteiger charge is -2.13. The Morgan fingerprint density at radius 2 is 2.23 bits per heavy atom. The molecule has 1 heterocycles. The van der Waals surface area contributed by atoms with E-state index in [1.165, 1.54) is 26.7 Å². The highest BCUT2D eigenvalue weighted by Crippen LogP contribution is 2.04. The molecule has 0 unspecified atom stereocenters. The van der Waals surface area contributed by atoms with Crippen LogP contribution in [0.1, 0.15) is 0 Å². The zero-order valence-electron chi connectivity index (χ0n) is 7.18. The fourth-order valence-corrected chi connectivity index (χ4v) is 0.654. The van der Waals surface area contributed by atoms with Crippen molar-refractivity contribution in [3.8, 4) is 5.88 Å². The summed E-state index contributed by atoms with van der Waals surface area (Å²) in [6, 6.07) is 0. The van der Waals surface area contributed by atoms with Crippen molar-refractivity contribution in [3.05, 3.63) is 12.5 Å². The van der Waals surface area contributed by atoms with Crippen molar-refractivity contribution in [2.45, 2.75) is 0 Å². The zero-order chi connectivity index (χ0) is 9.68. The highest BCUT2D eigenvalue weighted by atomic mass is 17.0. The molecule has 0 aliphatic carbocycles. The summed E-state index contributed by atoms with van der Waals surface area (Å²) in [6.07, 6.45) is 1.93. The summed E-state index contributed by atoms with van der Waals surface area (Å²) in [5.74, 6) is 0.212. The van der Waals surface area contributed by atoms with Gasteiger partial charge in [-0.15, -0.1) is 0 Å². The molecule has 0 atom stereocenters. The van der Waals surface area contributed by atoms with Crippen molar-refractivity contribution < 1.29 is 19.2 Å². The predicted molar refractivity (Wildman–Crippen MR) is 40.5 cm³/mol. The maximum absolute atomic E-state index is 11.1. The second-order valence-corrected chi connectivity index (χ2v) is 1.91. The van der Waals surface area contributed by atoms with Crippen molar-refractivity contribution in [3.63, 3.8) is 0 Å². The number of nitrogens with zero attached hydrogens (tertiary/aromatic N) is 2. The van der Waals surface area contributed by atoms with E-state index >= 15 is 0 Å². The topological polar surface area (TPSA) is 76.7 Å². The predicted octanol–water partition coefficient (Wildman–Crippen LogP) is 0.333. The lowest BCUT2D eigenvalue weighted by molar-refractivity contribution is -0.305. The van der Waals surface area contributed by atoms with Crippen LogP contribution >= 0.6 is 0 Å². The molecule has 0 saturated carbocycles. The van der Waals surface area contributed by atoms with Crippen LogP contribution in [-0.2, 0) is 9.68 Å². The first-order valence-corrected chi connectivity index (χ1v) is 3.36. The van der Waals surface area contributed by atoms with E-state index in [-0.39, 0.29) is 5.88 Å². The maximum Gasteiger partial charge on any atom is 0.466 e. The van der Waals surface area contributed by atoms with Gasteiger partial charge >= 0.3 is 6.09 Å². The Bertz CT molecular complexity index is 257. The Balaban J connectivity index is 2.49. The second-order valence-electron chi connectivity index (χ2n) is 1.91. The van der Waals surface area contributed by atoms with Gasteiger partial charge in [-0.1, -0.05) is 0 Å². The van der Waals surface area contributed by atoms with Gasteiger partial charge in [0.1, 0.15) is 0 Å². The van der Waals surface area contributed by atoms with Crippen LogP contribution in [0.3, 0.4) is 0 Å². The van der Waals surface area contributed by atoms with Crippen LogP contribution in [0.2, 0.25) is 0 Å². The smallest absolute Gasteiger partial charge is 0.388 e. The highest BCUT2D eigenvalue weighted by Gasteiger charge is 2.15. The molecule has 1 N–H and O–H groups in total. The lowest BCUT2D eigenvalue weighted by Crippen LogP contribution is -2.31. The third-order valence-corrected chi connectivity index (χ3v) is 1.15. The van der Waals surface area contributed by atoms with Crippen molar-refractivity contribution in [2.24, 2.45) is 0 Å². The minimum atomic E-state index is -0.797. The third kappa shape index (κ3) is 2.42. The Labute approximate surface area is 74.1 Å². The van der Waals surface area contributed by atoms with Crippen molar-refractivity contribution >= 4 is 6.09 Å². The number of ether oxygens (including phenoxy) is 1. The van der Waals surface area contributed by atoms with Gasteiger partial charge in [-0.3, -0.25) is 0 Å². The summed E-state index contributed by atoms with van der Waals surface area (Å²) in [5, 5.41) is 0.584. The molecule has 0 radical (unpaired) electrons. The Hall–Kier alpha value is -1.60. The standard InChI is InChI=1S/C6H9N3O4/c1-11-9(12-2)6(10)13-5-3-7-4-8-5/h3-4H,1-2H3,(H,7,8). The molecule has 0 aliphatic rings. The van der Waals surface area contributed by atoms with Gasteiger partial charge in [0.05, 0.1) is 26.7 Å². The number of H-pyrrole nitrogens is 1. The first-order valence-electron chi connectivity index (χ1n) is 3.36. The van der Waals surface area contributed by atoms with E-state index in [4.69, 9.17) is 4.74 Å². The van der Waals surface area contributed by atoms with Gasteiger partial charge in [-0.25, -0.2) is 19.5 Å². The van der Waals surface area contributed by atoms with Crippen LogP contribution < -0.4 is 4.74 Å². The van der Waals surface area contributed by atoms with E-state index in [9.17, 15) is 4.79 Å². The fraction of sp³-hybridized carbons (Fsp3) is 0.333. The minimum Gasteiger partial charge on any atom is -0.388 e.